The number of aromatic nitrogens is 2. The molecule has 0 spiro atoms. The molecule has 2 N–H and O–H groups in total. The van der Waals surface area contributed by atoms with Crippen LogP contribution in [-0.2, 0) is 12.7 Å². The summed E-state index contributed by atoms with van der Waals surface area (Å²) >= 11 is 3.21. The molecule has 0 saturated carbocycles. The van der Waals surface area contributed by atoms with Gasteiger partial charge >= 0.3 is 12.2 Å². The zero-order chi connectivity index (χ0) is 20.3. The summed E-state index contributed by atoms with van der Waals surface area (Å²) in [4.78, 5) is 12.1. The minimum absolute atomic E-state index is 0.0818. The molecule has 0 saturated heterocycles. The van der Waals surface area contributed by atoms with E-state index in [4.69, 9.17) is 0 Å². The monoisotopic (exact) mass is 456 g/mol. The SMILES string of the molecule is O=C(Nc1ccccc1C(F)(F)F)Nc1nn(Cc2ccccc2F)cc1Br. The Morgan fingerprint density at radius 3 is 2.46 bits per heavy atom. The summed E-state index contributed by atoms with van der Waals surface area (Å²) in [6.45, 7) is 0.117. The summed E-state index contributed by atoms with van der Waals surface area (Å²) in [7, 11) is 0. The van der Waals surface area contributed by atoms with Gasteiger partial charge in [-0.1, -0.05) is 30.3 Å². The number of amides is 2. The van der Waals surface area contributed by atoms with E-state index in [1.54, 1.807) is 18.2 Å². The molecule has 0 aliphatic rings. The van der Waals surface area contributed by atoms with Crippen molar-refractivity contribution in [2.75, 3.05) is 10.6 Å². The number of carbonyl (C=O) groups is 1. The maximum atomic E-state index is 13.7. The van der Waals surface area contributed by atoms with Crippen molar-refractivity contribution in [3.63, 3.8) is 0 Å². The molecule has 3 rings (SSSR count). The number of rotatable bonds is 4. The van der Waals surface area contributed by atoms with Crippen molar-refractivity contribution in [2.45, 2.75) is 12.7 Å². The van der Waals surface area contributed by atoms with Crippen LogP contribution in [0.3, 0.4) is 0 Å². The molecule has 0 unspecified atom stereocenters. The van der Waals surface area contributed by atoms with E-state index in [0.29, 0.717) is 10.0 Å². The second-order valence-corrected chi connectivity index (χ2v) is 6.59. The van der Waals surface area contributed by atoms with E-state index >= 15 is 0 Å². The van der Waals surface area contributed by atoms with Crippen molar-refractivity contribution in [3.8, 4) is 0 Å². The number of carbonyl (C=O) groups excluding carboxylic acids is 1. The van der Waals surface area contributed by atoms with E-state index in [0.717, 1.165) is 12.1 Å². The van der Waals surface area contributed by atoms with Crippen LogP contribution in [0.5, 0.6) is 0 Å². The fourth-order valence-corrected chi connectivity index (χ4v) is 2.88. The number of nitrogens with one attached hydrogen (secondary N) is 2. The molecule has 0 aliphatic heterocycles. The minimum atomic E-state index is -4.61. The van der Waals surface area contributed by atoms with Gasteiger partial charge in [0.05, 0.1) is 22.3 Å². The molecule has 1 aromatic heterocycles. The van der Waals surface area contributed by atoms with Crippen molar-refractivity contribution in [1.82, 2.24) is 9.78 Å². The smallest absolute Gasteiger partial charge is 0.307 e. The molecule has 0 atom stereocenters. The summed E-state index contributed by atoms with van der Waals surface area (Å²) in [5.41, 5.74) is -0.948. The lowest BCUT2D eigenvalue weighted by molar-refractivity contribution is -0.136. The quantitative estimate of drug-likeness (QED) is 0.509. The van der Waals surface area contributed by atoms with Crippen molar-refractivity contribution in [1.29, 1.82) is 0 Å². The van der Waals surface area contributed by atoms with Crippen LogP contribution in [-0.4, -0.2) is 15.8 Å². The minimum Gasteiger partial charge on any atom is -0.307 e. The first-order chi connectivity index (χ1) is 13.2. The van der Waals surface area contributed by atoms with Gasteiger partial charge in [0.15, 0.2) is 5.82 Å². The molecular weight excluding hydrogens is 444 g/mol. The van der Waals surface area contributed by atoms with E-state index in [-0.39, 0.29) is 18.1 Å². The number of urea groups is 1. The number of para-hydroxylation sites is 1. The predicted octanol–water partition coefficient (Wildman–Crippen LogP) is 5.50. The van der Waals surface area contributed by atoms with Crippen LogP contribution in [0.1, 0.15) is 11.1 Å². The number of hydrogen-bond acceptors (Lipinski definition) is 2. The van der Waals surface area contributed by atoms with E-state index < -0.39 is 23.6 Å². The highest BCUT2D eigenvalue weighted by molar-refractivity contribution is 9.10. The molecule has 28 heavy (non-hydrogen) atoms. The highest BCUT2D eigenvalue weighted by Gasteiger charge is 2.33. The molecule has 0 bridgehead atoms. The Balaban J connectivity index is 1.72. The number of alkyl halides is 3. The van der Waals surface area contributed by atoms with E-state index in [2.05, 4.69) is 31.7 Å². The normalized spacial score (nSPS) is 11.3. The van der Waals surface area contributed by atoms with Gasteiger partial charge in [-0.25, -0.2) is 9.18 Å². The molecule has 2 aromatic carbocycles. The Bertz CT molecular complexity index is 1000. The van der Waals surface area contributed by atoms with Gasteiger partial charge in [-0.05, 0) is 34.1 Å². The molecule has 0 aliphatic carbocycles. The number of benzene rings is 2. The molecule has 0 radical (unpaired) electrons. The molecule has 0 fully saturated rings. The number of nitrogens with zero attached hydrogens (tertiary/aromatic N) is 2. The van der Waals surface area contributed by atoms with Gasteiger partial charge in [0.1, 0.15) is 5.82 Å². The first-order valence-corrected chi connectivity index (χ1v) is 8.74. The van der Waals surface area contributed by atoms with Gasteiger partial charge in [0, 0.05) is 11.8 Å². The molecule has 3 aromatic rings. The summed E-state index contributed by atoms with van der Waals surface area (Å²) in [6.07, 6.45) is -3.09. The molecule has 5 nitrogen and oxygen atoms in total. The molecule has 1 heterocycles. The van der Waals surface area contributed by atoms with Crippen LogP contribution in [0.25, 0.3) is 0 Å². The van der Waals surface area contributed by atoms with E-state index in [1.165, 1.54) is 29.1 Å². The van der Waals surface area contributed by atoms with Gasteiger partial charge in [-0.2, -0.15) is 18.3 Å². The van der Waals surface area contributed by atoms with E-state index in [1.807, 2.05) is 0 Å². The maximum absolute atomic E-state index is 13.7. The molecule has 10 heteroatoms. The first-order valence-electron chi connectivity index (χ1n) is 7.94. The van der Waals surface area contributed by atoms with Gasteiger partial charge in [0.2, 0.25) is 0 Å². The lowest BCUT2D eigenvalue weighted by Crippen LogP contribution is -2.22. The van der Waals surface area contributed by atoms with Crippen molar-refractivity contribution < 1.29 is 22.4 Å². The van der Waals surface area contributed by atoms with Crippen LogP contribution in [0, 0.1) is 5.82 Å². The fraction of sp³-hybridized carbons (Fsp3) is 0.111. The Hall–Kier alpha value is -2.88. The standard InChI is InChI=1S/C18H13BrF4N4O/c19-13-10-27(9-11-5-1-3-7-14(11)20)26-16(13)25-17(28)24-15-8-4-2-6-12(15)18(21,22)23/h1-8,10H,9H2,(H2,24,25,26,28). The largest absolute Gasteiger partial charge is 0.418 e. The van der Waals surface area contributed by atoms with Crippen LogP contribution in [0.2, 0.25) is 0 Å². The lowest BCUT2D eigenvalue weighted by Gasteiger charge is -2.13. The zero-order valence-electron chi connectivity index (χ0n) is 14.1. The van der Waals surface area contributed by atoms with Crippen molar-refractivity contribution in [3.05, 3.63) is 76.1 Å². The van der Waals surface area contributed by atoms with Gasteiger partial charge in [0.25, 0.3) is 0 Å². The maximum Gasteiger partial charge on any atom is 0.418 e. The average molecular weight is 457 g/mol. The lowest BCUT2D eigenvalue weighted by atomic mass is 10.1. The fourth-order valence-electron chi connectivity index (χ4n) is 2.46. The average Bonchev–Trinajstić information content (AvgIpc) is 2.95. The first kappa shape index (κ1) is 19.9. The highest BCUT2D eigenvalue weighted by atomic mass is 79.9. The summed E-state index contributed by atoms with van der Waals surface area (Å²) in [5.74, 6) is -0.316. The topological polar surface area (TPSA) is 59.0 Å². The van der Waals surface area contributed by atoms with Crippen molar-refractivity contribution in [2.24, 2.45) is 0 Å². The van der Waals surface area contributed by atoms with E-state index in [9.17, 15) is 22.4 Å². The second-order valence-electron chi connectivity index (χ2n) is 5.74. The third-order valence-corrected chi connectivity index (χ3v) is 4.30. The van der Waals surface area contributed by atoms with Crippen LogP contribution in [0.4, 0.5) is 33.9 Å². The zero-order valence-corrected chi connectivity index (χ0v) is 15.7. The summed E-state index contributed by atoms with van der Waals surface area (Å²) in [6, 6.07) is 9.89. The number of hydrogen-bond donors (Lipinski definition) is 2. The van der Waals surface area contributed by atoms with Crippen LogP contribution >= 0.6 is 15.9 Å². The Morgan fingerprint density at radius 2 is 1.75 bits per heavy atom. The van der Waals surface area contributed by atoms with Crippen molar-refractivity contribution >= 4 is 33.5 Å². The molecule has 146 valence electrons. The number of halogens is 5. The molecule has 2 amide bonds. The Kier molecular flexibility index (Phi) is 5.68. The third kappa shape index (κ3) is 4.69. The number of anilines is 2. The summed E-state index contributed by atoms with van der Waals surface area (Å²) in [5, 5.41) is 8.64. The summed E-state index contributed by atoms with van der Waals surface area (Å²) < 4.78 is 54.5. The van der Waals surface area contributed by atoms with Gasteiger partial charge in [-0.3, -0.25) is 10.00 Å². The Labute approximate surface area is 165 Å². The predicted molar refractivity (Wildman–Crippen MR) is 99.5 cm³/mol. The third-order valence-electron chi connectivity index (χ3n) is 3.72. The van der Waals surface area contributed by atoms with Gasteiger partial charge in [-0.15, -0.1) is 0 Å². The highest BCUT2D eigenvalue weighted by Crippen LogP contribution is 2.34. The Morgan fingerprint density at radius 1 is 1.07 bits per heavy atom. The van der Waals surface area contributed by atoms with Gasteiger partial charge < -0.3 is 5.32 Å². The van der Waals surface area contributed by atoms with Crippen LogP contribution in [0.15, 0.2) is 59.2 Å². The second kappa shape index (κ2) is 8.01. The van der Waals surface area contributed by atoms with Crippen LogP contribution < -0.4 is 10.6 Å². The molecular formula is C18H13BrF4N4O.